The summed E-state index contributed by atoms with van der Waals surface area (Å²) >= 11 is 0. The fraction of sp³-hybridized carbons (Fsp3) is 0.192. The molecular weight excluding hydrogens is 404 g/mol. The molecule has 1 aromatic heterocycles. The lowest BCUT2D eigenvalue weighted by Gasteiger charge is -2.24. The van der Waals surface area contributed by atoms with Gasteiger partial charge in [0.05, 0.1) is 17.7 Å². The molecule has 6 nitrogen and oxygen atoms in total. The zero-order valence-corrected chi connectivity index (χ0v) is 18.1. The number of aliphatic hydroxyl groups is 1. The van der Waals surface area contributed by atoms with Gasteiger partial charge in [0.1, 0.15) is 17.3 Å². The molecule has 0 aliphatic carbocycles. The third-order valence-electron chi connectivity index (χ3n) is 5.23. The molecule has 1 amide bonds. The Morgan fingerprint density at radius 3 is 2.28 bits per heavy atom. The average Bonchev–Trinajstić information content (AvgIpc) is 3.05. The number of rotatable bonds is 5. The van der Waals surface area contributed by atoms with Crippen molar-refractivity contribution in [2.75, 3.05) is 4.90 Å². The van der Waals surface area contributed by atoms with E-state index in [1.165, 1.54) is 4.90 Å². The number of aromatic nitrogens is 1. The van der Waals surface area contributed by atoms with E-state index in [1.807, 2.05) is 45.0 Å². The normalized spacial score (nSPS) is 17.8. The molecule has 0 unspecified atom stereocenters. The first kappa shape index (κ1) is 21.3. The Kier molecular flexibility index (Phi) is 5.77. The van der Waals surface area contributed by atoms with E-state index in [0.29, 0.717) is 22.7 Å². The first-order valence-corrected chi connectivity index (χ1v) is 10.4. The number of ketones is 1. The SMILES string of the molecule is Cc1ccc([C@H]2/C(=C(\O)c3ccc(OC(C)C)cc3)C(=O)C(=O)N2c2ccccn2)cc1. The number of aliphatic hydroxyl groups excluding tert-OH is 1. The van der Waals surface area contributed by atoms with Gasteiger partial charge < -0.3 is 9.84 Å². The first-order chi connectivity index (χ1) is 15.4. The highest BCUT2D eigenvalue weighted by molar-refractivity contribution is 6.51. The van der Waals surface area contributed by atoms with Crippen molar-refractivity contribution < 1.29 is 19.4 Å². The number of amides is 1. The monoisotopic (exact) mass is 428 g/mol. The average molecular weight is 428 g/mol. The van der Waals surface area contributed by atoms with Gasteiger partial charge in [-0.3, -0.25) is 14.5 Å². The van der Waals surface area contributed by atoms with Crippen LogP contribution < -0.4 is 9.64 Å². The van der Waals surface area contributed by atoms with Crippen molar-refractivity contribution in [3.8, 4) is 5.75 Å². The van der Waals surface area contributed by atoms with Gasteiger partial charge in [-0.15, -0.1) is 0 Å². The number of benzene rings is 2. The summed E-state index contributed by atoms with van der Waals surface area (Å²) in [5.41, 5.74) is 2.21. The molecule has 0 spiro atoms. The van der Waals surface area contributed by atoms with Gasteiger partial charge in [0.15, 0.2) is 0 Å². The molecule has 1 fully saturated rings. The van der Waals surface area contributed by atoms with Crippen LogP contribution in [-0.2, 0) is 9.59 Å². The van der Waals surface area contributed by atoms with Crippen LogP contribution in [0.3, 0.4) is 0 Å². The zero-order chi connectivity index (χ0) is 22.8. The fourth-order valence-electron chi connectivity index (χ4n) is 3.75. The number of hydrogen-bond acceptors (Lipinski definition) is 5. The van der Waals surface area contributed by atoms with Crippen LogP contribution in [0.4, 0.5) is 5.82 Å². The third-order valence-corrected chi connectivity index (χ3v) is 5.23. The molecular formula is C26H24N2O4. The van der Waals surface area contributed by atoms with E-state index < -0.39 is 17.7 Å². The molecule has 1 aliphatic heterocycles. The maximum Gasteiger partial charge on any atom is 0.301 e. The number of anilines is 1. The summed E-state index contributed by atoms with van der Waals surface area (Å²) in [5.74, 6) is -0.708. The minimum atomic E-state index is -0.794. The van der Waals surface area contributed by atoms with Crippen molar-refractivity contribution >= 4 is 23.3 Å². The van der Waals surface area contributed by atoms with Gasteiger partial charge in [-0.25, -0.2) is 4.98 Å². The zero-order valence-electron chi connectivity index (χ0n) is 18.1. The molecule has 1 N–H and O–H groups in total. The largest absolute Gasteiger partial charge is 0.507 e. The van der Waals surface area contributed by atoms with E-state index in [1.54, 1.807) is 48.7 Å². The second kappa shape index (κ2) is 8.67. The minimum absolute atomic E-state index is 0.0136. The third kappa shape index (κ3) is 3.99. The molecule has 0 saturated carbocycles. The topological polar surface area (TPSA) is 79.7 Å². The maximum absolute atomic E-state index is 13.1. The highest BCUT2D eigenvalue weighted by Crippen LogP contribution is 2.41. The Morgan fingerprint density at radius 2 is 1.69 bits per heavy atom. The summed E-state index contributed by atoms with van der Waals surface area (Å²) < 4.78 is 5.65. The van der Waals surface area contributed by atoms with Gasteiger partial charge in [0, 0.05) is 11.8 Å². The number of aryl methyl sites for hydroxylation is 1. The van der Waals surface area contributed by atoms with Gasteiger partial charge in [0.25, 0.3) is 5.78 Å². The smallest absolute Gasteiger partial charge is 0.301 e. The van der Waals surface area contributed by atoms with Crippen LogP contribution in [0.2, 0.25) is 0 Å². The van der Waals surface area contributed by atoms with Crippen LogP contribution in [0.1, 0.15) is 36.6 Å². The second-order valence-electron chi connectivity index (χ2n) is 7.96. The van der Waals surface area contributed by atoms with E-state index in [-0.39, 0.29) is 17.4 Å². The van der Waals surface area contributed by atoms with Gasteiger partial charge >= 0.3 is 5.91 Å². The molecule has 6 heteroatoms. The number of carbonyl (C=O) groups excluding carboxylic acids is 2. The highest BCUT2D eigenvalue weighted by Gasteiger charge is 2.47. The molecule has 2 aromatic carbocycles. The Morgan fingerprint density at radius 1 is 1.00 bits per heavy atom. The molecule has 32 heavy (non-hydrogen) atoms. The number of pyridine rings is 1. The van der Waals surface area contributed by atoms with Crippen LogP contribution in [0.15, 0.2) is 78.5 Å². The van der Waals surface area contributed by atoms with Crippen molar-refractivity contribution in [2.45, 2.75) is 32.9 Å². The van der Waals surface area contributed by atoms with E-state index in [4.69, 9.17) is 4.74 Å². The summed E-state index contributed by atoms with van der Waals surface area (Å²) in [6.45, 7) is 5.81. The van der Waals surface area contributed by atoms with Crippen LogP contribution in [0.5, 0.6) is 5.75 Å². The molecule has 4 rings (SSSR count). The van der Waals surface area contributed by atoms with Crippen LogP contribution in [0, 0.1) is 6.92 Å². The standard InChI is InChI=1S/C26H24N2O4/c1-16(2)32-20-13-11-19(12-14-20)24(29)22-23(18-9-7-17(3)8-10-18)28(26(31)25(22)30)21-6-4-5-15-27-21/h4-16,23,29H,1-3H3/b24-22+/t23-/m0/s1. The molecule has 3 aromatic rings. The van der Waals surface area contributed by atoms with Crippen molar-refractivity contribution in [2.24, 2.45) is 0 Å². The van der Waals surface area contributed by atoms with Gasteiger partial charge in [-0.05, 0) is 62.7 Å². The fourth-order valence-corrected chi connectivity index (χ4v) is 3.75. The Labute approximate surface area is 186 Å². The number of nitrogens with zero attached hydrogens (tertiary/aromatic N) is 2. The van der Waals surface area contributed by atoms with Crippen molar-refractivity contribution in [3.63, 3.8) is 0 Å². The van der Waals surface area contributed by atoms with Gasteiger partial charge in [0.2, 0.25) is 0 Å². The Bertz CT molecular complexity index is 1170. The van der Waals surface area contributed by atoms with E-state index in [2.05, 4.69) is 4.98 Å². The second-order valence-corrected chi connectivity index (χ2v) is 7.96. The van der Waals surface area contributed by atoms with E-state index in [9.17, 15) is 14.7 Å². The highest BCUT2D eigenvalue weighted by atomic mass is 16.5. The van der Waals surface area contributed by atoms with Crippen molar-refractivity contribution in [1.29, 1.82) is 0 Å². The van der Waals surface area contributed by atoms with E-state index in [0.717, 1.165) is 5.56 Å². The summed E-state index contributed by atoms with van der Waals surface area (Å²) in [7, 11) is 0. The summed E-state index contributed by atoms with van der Waals surface area (Å²) in [5, 5.41) is 11.2. The van der Waals surface area contributed by atoms with Gasteiger partial charge in [-0.1, -0.05) is 35.9 Å². The molecule has 0 radical (unpaired) electrons. The van der Waals surface area contributed by atoms with Gasteiger partial charge in [-0.2, -0.15) is 0 Å². The van der Waals surface area contributed by atoms with Crippen LogP contribution >= 0.6 is 0 Å². The number of carbonyl (C=O) groups is 2. The molecule has 1 saturated heterocycles. The summed E-state index contributed by atoms with van der Waals surface area (Å²) in [4.78, 5) is 31.8. The molecule has 0 bridgehead atoms. The molecule has 162 valence electrons. The quantitative estimate of drug-likeness (QED) is 0.359. The lowest BCUT2D eigenvalue weighted by atomic mass is 9.94. The Balaban J connectivity index is 1.85. The molecule has 2 heterocycles. The summed E-state index contributed by atoms with van der Waals surface area (Å²) in [6.07, 6.45) is 1.58. The maximum atomic E-state index is 13.1. The van der Waals surface area contributed by atoms with Crippen molar-refractivity contribution in [1.82, 2.24) is 4.98 Å². The molecule has 1 atom stereocenters. The summed E-state index contributed by atoms with van der Waals surface area (Å²) in [6, 6.07) is 18.7. The predicted molar refractivity (Wildman–Crippen MR) is 122 cm³/mol. The van der Waals surface area contributed by atoms with Crippen molar-refractivity contribution in [3.05, 3.63) is 95.2 Å². The number of hydrogen-bond donors (Lipinski definition) is 1. The van der Waals surface area contributed by atoms with E-state index >= 15 is 0 Å². The lowest BCUT2D eigenvalue weighted by molar-refractivity contribution is -0.132. The van der Waals surface area contributed by atoms with Crippen LogP contribution in [-0.4, -0.2) is 27.9 Å². The minimum Gasteiger partial charge on any atom is -0.507 e. The first-order valence-electron chi connectivity index (χ1n) is 10.4. The molecule has 1 aliphatic rings. The lowest BCUT2D eigenvalue weighted by Crippen LogP contribution is -2.30. The Hall–Kier alpha value is -3.93. The number of ether oxygens (including phenoxy) is 1. The van der Waals surface area contributed by atoms with Crippen LogP contribution in [0.25, 0.3) is 5.76 Å². The number of Topliss-reactive ketones (excluding diaryl/α,β-unsaturated/α-hetero) is 1. The predicted octanol–water partition coefficient (Wildman–Crippen LogP) is 4.80.